The second-order valence-corrected chi connectivity index (χ2v) is 10.3. The lowest BCUT2D eigenvalue weighted by Crippen LogP contribution is -2.29. The van der Waals surface area contributed by atoms with Crippen LogP contribution in [0.1, 0.15) is 23.7 Å². The fourth-order valence-electron chi connectivity index (χ4n) is 3.68. The highest BCUT2D eigenvalue weighted by atomic mass is 35.5. The number of hydrogen-bond donors (Lipinski definition) is 0. The minimum Gasteiger partial charge on any atom is -0.308 e. The first-order valence-corrected chi connectivity index (χ1v) is 11.8. The van der Waals surface area contributed by atoms with Crippen LogP contribution in [0.2, 0.25) is 5.02 Å². The molecule has 0 spiro atoms. The van der Waals surface area contributed by atoms with Gasteiger partial charge in [-0.3, -0.25) is 9.78 Å². The number of sulfonamides is 1. The molecule has 0 atom stereocenters. The molecule has 1 amide bonds. The number of aromatic nitrogens is 1. The summed E-state index contributed by atoms with van der Waals surface area (Å²) in [5.41, 5.74) is 4.32. The van der Waals surface area contributed by atoms with Gasteiger partial charge in [0.25, 0.3) is 0 Å². The number of benzene rings is 2. The highest BCUT2D eigenvalue weighted by molar-refractivity contribution is 7.89. The number of halogens is 1. The van der Waals surface area contributed by atoms with E-state index in [4.69, 9.17) is 11.6 Å². The van der Waals surface area contributed by atoms with Gasteiger partial charge in [0.1, 0.15) is 0 Å². The highest BCUT2D eigenvalue weighted by Crippen LogP contribution is 2.33. The number of anilines is 1. The van der Waals surface area contributed by atoms with Crippen LogP contribution in [0.4, 0.5) is 5.69 Å². The van der Waals surface area contributed by atoms with E-state index in [0.29, 0.717) is 28.4 Å². The van der Waals surface area contributed by atoms with E-state index >= 15 is 0 Å². The Bertz CT molecular complexity index is 1350. The first-order chi connectivity index (χ1) is 15.2. The number of hydrogen-bond acceptors (Lipinski definition) is 4. The molecule has 3 aromatic rings. The molecule has 0 N–H and O–H groups in total. The Morgan fingerprint density at radius 2 is 1.84 bits per heavy atom. The van der Waals surface area contributed by atoms with Gasteiger partial charge in [-0.2, -0.15) is 0 Å². The second-order valence-electron chi connectivity index (χ2n) is 7.69. The molecular formula is C24H22ClN3O3S. The maximum atomic E-state index is 12.9. The third-order valence-electron chi connectivity index (χ3n) is 5.37. The molecule has 0 saturated carbocycles. The maximum Gasteiger partial charge on any atom is 0.243 e. The van der Waals surface area contributed by atoms with Crippen molar-refractivity contribution in [2.75, 3.05) is 19.0 Å². The number of carbonyl (C=O) groups excluding carboxylic acids is 1. The smallest absolute Gasteiger partial charge is 0.243 e. The summed E-state index contributed by atoms with van der Waals surface area (Å²) in [6, 6.07) is 14.1. The minimum atomic E-state index is -3.64. The molecule has 32 heavy (non-hydrogen) atoms. The Balaban J connectivity index is 1.87. The molecule has 4 rings (SSSR count). The molecule has 2 heterocycles. The highest BCUT2D eigenvalue weighted by Gasteiger charge is 2.23. The van der Waals surface area contributed by atoms with E-state index in [1.54, 1.807) is 41.4 Å². The van der Waals surface area contributed by atoms with Crippen molar-refractivity contribution in [1.82, 2.24) is 9.29 Å². The lowest BCUT2D eigenvalue weighted by Gasteiger charge is -2.26. The van der Waals surface area contributed by atoms with Gasteiger partial charge in [0.05, 0.1) is 22.8 Å². The fraction of sp³-hybridized carbons (Fsp3) is 0.167. The number of nitrogens with zero attached hydrogens (tertiary/aromatic N) is 3. The number of fused-ring (bicyclic) bond motifs is 2. The molecule has 2 aromatic carbocycles. The van der Waals surface area contributed by atoms with Gasteiger partial charge >= 0.3 is 0 Å². The summed E-state index contributed by atoms with van der Waals surface area (Å²) in [6.45, 7) is 1.81. The Hall–Kier alpha value is -3.00. The minimum absolute atomic E-state index is 0.115. The Morgan fingerprint density at radius 3 is 2.56 bits per heavy atom. The van der Waals surface area contributed by atoms with Gasteiger partial charge < -0.3 is 4.90 Å². The van der Waals surface area contributed by atoms with E-state index in [1.807, 2.05) is 30.4 Å². The topological polar surface area (TPSA) is 70.6 Å². The van der Waals surface area contributed by atoms with Crippen LogP contribution in [-0.2, 0) is 21.4 Å². The van der Waals surface area contributed by atoms with Crippen molar-refractivity contribution in [3.63, 3.8) is 0 Å². The standard InChI is InChI=1S/C24H22ClN3O3S/c1-16(29)28-15-19-12-18(21-6-4-5-7-24(21)32(30,31)27(2)3)14-26-22(19)10-8-17-13-20(25)9-11-23(17)28/h4-14H,15H2,1-3H3. The van der Waals surface area contributed by atoms with E-state index in [1.165, 1.54) is 25.3 Å². The van der Waals surface area contributed by atoms with Crippen molar-refractivity contribution in [3.8, 4) is 11.1 Å². The SMILES string of the molecule is CC(=O)N1Cc2cc(-c3ccccc3S(=O)(=O)N(C)C)cnc2C=Cc2cc(Cl)ccc21. The van der Waals surface area contributed by atoms with Crippen LogP contribution in [0.5, 0.6) is 0 Å². The first-order valence-electron chi connectivity index (χ1n) is 9.95. The molecule has 0 unspecified atom stereocenters. The van der Waals surface area contributed by atoms with Crippen LogP contribution in [0.15, 0.2) is 59.6 Å². The van der Waals surface area contributed by atoms with Gasteiger partial charge in [0.2, 0.25) is 15.9 Å². The number of pyridine rings is 1. The zero-order valence-electron chi connectivity index (χ0n) is 17.9. The average Bonchev–Trinajstić information content (AvgIpc) is 2.75. The van der Waals surface area contributed by atoms with Crippen molar-refractivity contribution < 1.29 is 13.2 Å². The molecule has 6 nitrogen and oxygen atoms in total. The van der Waals surface area contributed by atoms with Crippen molar-refractivity contribution >= 4 is 45.4 Å². The zero-order chi connectivity index (χ0) is 23.0. The van der Waals surface area contributed by atoms with Gasteiger partial charge in [-0.15, -0.1) is 0 Å². The van der Waals surface area contributed by atoms with Crippen molar-refractivity contribution in [1.29, 1.82) is 0 Å². The predicted molar refractivity (Wildman–Crippen MR) is 128 cm³/mol. The summed E-state index contributed by atoms with van der Waals surface area (Å²) in [6.07, 6.45) is 5.42. The predicted octanol–water partition coefficient (Wildman–Crippen LogP) is 4.69. The Morgan fingerprint density at radius 1 is 1.09 bits per heavy atom. The molecular weight excluding hydrogens is 446 g/mol. The van der Waals surface area contributed by atoms with Gasteiger partial charge in [-0.05, 0) is 47.5 Å². The van der Waals surface area contributed by atoms with E-state index in [-0.39, 0.29) is 10.8 Å². The fourth-order valence-corrected chi connectivity index (χ4v) is 4.97. The van der Waals surface area contributed by atoms with Crippen LogP contribution in [0.25, 0.3) is 23.3 Å². The van der Waals surface area contributed by atoms with Gasteiger partial charge in [0, 0.05) is 43.4 Å². The summed E-state index contributed by atoms with van der Waals surface area (Å²) >= 11 is 6.16. The van der Waals surface area contributed by atoms with E-state index in [2.05, 4.69) is 4.98 Å². The summed E-state index contributed by atoms with van der Waals surface area (Å²) in [4.78, 5) is 19.0. The van der Waals surface area contributed by atoms with Gasteiger partial charge in [0.15, 0.2) is 0 Å². The molecule has 164 valence electrons. The third-order valence-corrected chi connectivity index (χ3v) is 7.48. The van der Waals surface area contributed by atoms with Crippen LogP contribution in [0, 0.1) is 0 Å². The molecule has 1 aliphatic rings. The van der Waals surface area contributed by atoms with Crippen LogP contribution in [0.3, 0.4) is 0 Å². The van der Waals surface area contributed by atoms with Crippen molar-refractivity contribution in [3.05, 3.63) is 76.6 Å². The first kappa shape index (κ1) is 22.2. The Kier molecular flexibility index (Phi) is 5.90. The molecule has 1 aliphatic heterocycles. The van der Waals surface area contributed by atoms with E-state index in [9.17, 15) is 13.2 Å². The maximum absolute atomic E-state index is 12.9. The molecule has 0 fully saturated rings. The summed E-state index contributed by atoms with van der Waals surface area (Å²) < 4.78 is 26.9. The van der Waals surface area contributed by atoms with Crippen LogP contribution >= 0.6 is 11.6 Å². The van der Waals surface area contributed by atoms with E-state index < -0.39 is 10.0 Å². The molecule has 0 aliphatic carbocycles. The number of amides is 1. The lowest BCUT2D eigenvalue weighted by atomic mass is 10.0. The molecule has 0 radical (unpaired) electrons. The summed E-state index contributed by atoms with van der Waals surface area (Å²) in [7, 11) is -0.636. The quantitative estimate of drug-likeness (QED) is 0.560. The summed E-state index contributed by atoms with van der Waals surface area (Å²) in [5.74, 6) is -0.115. The van der Waals surface area contributed by atoms with Crippen molar-refractivity contribution in [2.24, 2.45) is 0 Å². The largest absolute Gasteiger partial charge is 0.308 e. The van der Waals surface area contributed by atoms with Crippen LogP contribution in [-0.4, -0.2) is 37.7 Å². The second kappa shape index (κ2) is 8.50. The zero-order valence-corrected chi connectivity index (χ0v) is 19.5. The number of rotatable bonds is 3. The lowest BCUT2D eigenvalue weighted by molar-refractivity contribution is -0.116. The van der Waals surface area contributed by atoms with Gasteiger partial charge in [-0.1, -0.05) is 35.9 Å². The monoisotopic (exact) mass is 467 g/mol. The third kappa shape index (κ3) is 4.07. The van der Waals surface area contributed by atoms with Crippen molar-refractivity contribution in [2.45, 2.75) is 18.4 Å². The molecule has 0 bridgehead atoms. The molecule has 1 aromatic heterocycles. The Labute approximate surface area is 192 Å². The summed E-state index contributed by atoms with van der Waals surface area (Å²) in [5, 5.41) is 0.583. The number of carbonyl (C=O) groups is 1. The average molecular weight is 468 g/mol. The van der Waals surface area contributed by atoms with E-state index in [0.717, 1.165) is 16.8 Å². The van der Waals surface area contributed by atoms with Crippen LogP contribution < -0.4 is 4.90 Å². The normalized spacial score (nSPS) is 13.3. The van der Waals surface area contributed by atoms with Gasteiger partial charge in [-0.25, -0.2) is 12.7 Å². The molecule has 0 saturated heterocycles. The molecule has 8 heteroatoms.